The summed E-state index contributed by atoms with van der Waals surface area (Å²) in [5.74, 6) is -0.981. The van der Waals surface area contributed by atoms with Crippen molar-refractivity contribution in [1.82, 2.24) is 19.1 Å². The van der Waals surface area contributed by atoms with Crippen LogP contribution in [0.1, 0.15) is 47.1 Å². The van der Waals surface area contributed by atoms with Crippen LogP contribution in [0.15, 0.2) is 11.1 Å². The molecule has 1 amide bonds. The molecule has 9 nitrogen and oxygen atoms in total. The molecule has 0 spiro atoms. The molecule has 3 aromatic heterocycles. The van der Waals surface area contributed by atoms with E-state index < -0.39 is 5.97 Å². The number of hydrogen-bond acceptors (Lipinski definition) is 9. The number of ether oxygens (including phenoxy) is 1. The van der Waals surface area contributed by atoms with Crippen molar-refractivity contribution in [2.45, 2.75) is 45.6 Å². The maximum atomic E-state index is 12.9. The number of nitrogens with zero attached hydrogens (tertiary/aromatic N) is 4. The molecule has 3 heterocycles. The van der Waals surface area contributed by atoms with Gasteiger partial charge >= 0.3 is 5.97 Å². The Kier molecular flexibility index (Phi) is 5.67. The molecule has 1 aliphatic carbocycles. The molecule has 11 heteroatoms. The number of rotatable bonds is 6. The van der Waals surface area contributed by atoms with Gasteiger partial charge in [-0.3, -0.25) is 14.2 Å². The summed E-state index contributed by atoms with van der Waals surface area (Å²) in [6, 6.07) is 0. The highest BCUT2D eigenvalue weighted by atomic mass is 32.1. The highest BCUT2D eigenvalue weighted by Crippen LogP contribution is 2.33. The fourth-order valence-corrected chi connectivity index (χ4v) is 5.15. The molecule has 0 saturated carbocycles. The lowest BCUT2D eigenvalue weighted by Gasteiger charge is -2.10. The number of thiophene rings is 1. The number of carbonyl (C=O) groups is 2. The Morgan fingerprint density at radius 3 is 2.97 bits per heavy atom. The van der Waals surface area contributed by atoms with Gasteiger partial charge in [-0.2, -0.15) is 0 Å². The molecule has 0 saturated heterocycles. The zero-order chi connectivity index (χ0) is 20.4. The molecule has 0 aromatic carbocycles. The van der Waals surface area contributed by atoms with Gasteiger partial charge in [0.2, 0.25) is 11.6 Å². The molecular weight excluding hydrogens is 414 g/mol. The largest absolute Gasteiger partial charge is 0.461 e. The Morgan fingerprint density at radius 2 is 2.14 bits per heavy atom. The summed E-state index contributed by atoms with van der Waals surface area (Å²) < 4.78 is 10.1. The minimum atomic E-state index is -0.635. The maximum absolute atomic E-state index is 12.9. The van der Waals surface area contributed by atoms with Crippen molar-refractivity contribution in [3.63, 3.8) is 0 Å². The average Bonchev–Trinajstić information content (AvgIpc) is 3.32. The van der Waals surface area contributed by atoms with Crippen LogP contribution in [0.3, 0.4) is 0 Å². The lowest BCUT2D eigenvalue weighted by Crippen LogP contribution is -2.24. The number of hydrogen-bond donors (Lipinski definition) is 1. The van der Waals surface area contributed by atoms with Crippen LogP contribution in [0.25, 0.3) is 10.2 Å². The quantitative estimate of drug-likeness (QED) is 0.593. The van der Waals surface area contributed by atoms with Gasteiger partial charge in [0.25, 0.3) is 5.56 Å². The molecule has 1 N–H and O–H groups in total. The first kappa shape index (κ1) is 19.6. The summed E-state index contributed by atoms with van der Waals surface area (Å²) in [6.07, 6.45) is 5.70. The van der Waals surface area contributed by atoms with Crippen molar-refractivity contribution in [2.75, 3.05) is 11.9 Å². The molecular formula is C18H19N5O4S2. The average molecular weight is 434 g/mol. The van der Waals surface area contributed by atoms with Crippen LogP contribution in [-0.4, -0.2) is 37.6 Å². The first-order valence-corrected chi connectivity index (χ1v) is 11.0. The topological polar surface area (TPSA) is 116 Å². The monoisotopic (exact) mass is 433 g/mol. The molecule has 0 atom stereocenters. The predicted molar refractivity (Wildman–Crippen MR) is 110 cm³/mol. The summed E-state index contributed by atoms with van der Waals surface area (Å²) >= 11 is 2.50. The van der Waals surface area contributed by atoms with E-state index in [9.17, 15) is 14.4 Å². The van der Waals surface area contributed by atoms with Crippen LogP contribution in [0.5, 0.6) is 0 Å². The number of nitrogens with one attached hydrogen (secondary N) is 1. The van der Waals surface area contributed by atoms with Crippen molar-refractivity contribution >= 4 is 50.0 Å². The molecule has 0 radical (unpaired) electrons. The van der Waals surface area contributed by atoms with Gasteiger partial charge < -0.3 is 10.1 Å². The lowest BCUT2D eigenvalue weighted by atomic mass is 9.97. The smallest absolute Gasteiger partial charge is 0.362 e. The third kappa shape index (κ3) is 3.92. The highest BCUT2D eigenvalue weighted by molar-refractivity contribution is 7.18. The van der Waals surface area contributed by atoms with Crippen molar-refractivity contribution < 1.29 is 14.3 Å². The molecule has 4 rings (SSSR count). The van der Waals surface area contributed by atoms with Crippen LogP contribution in [0, 0.1) is 0 Å². The molecule has 0 fully saturated rings. The molecule has 3 aromatic rings. The zero-order valence-corrected chi connectivity index (χ0v) is 17.4. The van der Waals surface area contributed by atoms with Gasteiger partial charge in [-0.05, 0) is 38.2 Å². The van der Waals surface area contributed by atoms with E-state index in [2.05, 4.69) is 19.9 Å². The number of aryl methyl sites for hydroxylation is 3. The highest BCUT2D eigenvalue weighted by Gasteiger charge is 2.21. The molecule has 29 heavy (non-hydrogen) atoms. The van der Waals surface area contributed by atoms with Gasteiger partial charge in [0.1, 0.15) is 4.83 Å². The van der Waals surface area contributed by atoms with Gasteiger partial charge in [-0.1, -0.05) is 4.49 Å². The fourth-order valence-electron chi connectivity index (χ4n) is 3.36. The van der Waals surface area contributed by atoms with Gasteiger partial charge in [-0.15, -0.1) is 16.4 Å². The van der Waals surface area contributed by atoms with Crippen LogP contribution >= 0.6 is 22.9 Å². The van der Waals surface area contributed by atoms with Gasteiger partial charge in [-0.25, -0.2) is 9.78 Å². The molecule has 1 aliphatic rings. The summed E-state index contributed by atoms with van der Waals surface area (Å²) in [6.45, 7) is 2.08. The SMILES string of the molecule is CCOC(=O)c1nnsc1NC(=O)CCn1cnc2sc3c(c2c1=O)CCCC3. The third-order valence-electron chi connectivity index (χ3n) is 4.73. The van der Waals surface area contributed by atoms with Crippen LogP contribution in [-0.2, 0) is 28.9 Å². The Labute approximate surface area is 173 Å². The van der Waals surface area contributed by atoms with E-state index in [0.29, 0.717) is 5.39 Å². The van der Waals surface area contributed by atoms with Gasteiger partial charge in [0.05, 0.1) is 18.3 Å². The number of fused-ring (bicyclic) bond motifs is 3. The second kappa shape index (κ2) is 8.37. The number of esters is 1. The van der Waals surface area contributed by atoms with E-state index in [1.165, 1.54) is 15.8 Å². The fraction of sp³-hybridized carbons (Fsp3) is 0.444. The molecule has 0 aliphatic heterocycles. The molecule has 152 valence electrons. The summed E-state index contributed by atoms with van der Waals surface area (Å²) in [4.78, 5) is 43.5. The zero-order valence-electron chi connectivity index (χ0n) is 15.8. The number of amides is 1. The maximum Gasteiger partial charge on any atom is 0.362 e. The van der Waals surface area contributed by atoms with E-state index in [1.807, 2.05) is 0 Å². The van der Waals surface area contributed by atoms with Crippen LogP contribution in [0.2, 0.25) is 0 Å². The van der Waals surface area contributed by atoms with E-state index in [1.54, 1.807) is 18.3 Å². The summed E-state index contributed by atoms with van der Waals surface area (Å²) in [5.41, 5.74) is 1.01. The van der Waals surface area contributed by atoms with Gasteiger partial charge in [0.15, 0.2) is 5.00 Å². The lowest BCUT2D eigenvalue weighted by molar-refractivity contribution is -0.116. The van der Waals surface area contributed by atoms with E-state index in [-0.39, 0.29) is 41.7 Å². The Balaban J connectivity index is 1.47. The molecule has 0 unspecified atom stereocenters. The standard InChI is InChI=1S/C18H19N5O4S2/c1-2-27-18(26)14-16(29-22-21-14)20-12(24)7-8-23-9-19-15-13(17(23)25)10-5-3-4-6-11(10)28-15/h9H,2-8H2,1H3,(H,20,24). The predicted octanol–water partition coefficient (Wildman–Crippen LogP) is 2.39. The minimum absolute atomic E-state index is 0.0182. The minimum Gasteiger partial charge on any atom is -0.461 e. The van der Waals surface area contributed by atoms with Crippen LogP contribution in [0.4, 0.5) is 5.00 Å². The molecule has 0 bridgehead atoms. The van der Waals surface area contributed by atoms with E-state index >= 15 is 0 Å². The second-order valence-electron chi connectivity index (χ2n) is 6.60. The summed E-state index contributed by atoms with van der Waals surface area (Å²) in [7, 11) is 0. The Bertz CT molecular complexity index is 1130. The first-order chi connectivity index (χ1) is 14.1. The third-order valence-corrected chi connectivity index (χ3v) is 6.57. The number of aromatic nitrogens is 4. The van der Waals surface area contributed by atoms with E-state index in [4.69, 9.17) is 4.74 Å². The van der Waals surface area contributed by atoms with Crippen molar-refractivity contribution in [3.8, 4) is 0 Å². The number of carbonyl (C=O) groups excluding carboxylic acids is 2. The van der Waals surface area contributed by atoms with Crippen molar-refractivity contribution in [1.29, 1.82) is 0 Å². The van der Waals surface area contributed by atoms with Crippen LogP contribution < -0.4 is 10.9 Å². The van der Waals surface area contributed by atoms with Crippen molar-refractivity contribution in [3.05, 3.63) is 32.8 Å². The summed E-state index contributed by atoms with van der Waals surface area (Å²) in [5, 5.41) is 7.26. The second-order valence-corrected chi connectivity index (χ2v) is 8.44. The Morgan fingerprint density at radius 1 is 1.31 bits per heavy atom. The van der Waals surface area contributed by atoms with Gasteiger partial charge in [0, 0.05) is 29.4 Å². The van der Waals surface area contributed by atoms with E-state index in [0.717, 1.165) is 47.6 Å². The number of anilines is 1. The normalized spacial score (nSPS) is 13.3. The first-order valence-electron chi connectivity index (χ1n) is 9.37. The Hall–Kier alpha value is -2.66. The van der Waals surface area contributed by atoms with Crippen molar-refractivity contribution in [2.24, 2.45) is 0 Å².